The summed E-state index contributed by atoms with van der Waals surface area (Å²) in [5.74, 6) is -0.972. The van der Waals surface area contributed by atoms with Gasteiger partial charge >= 0.3 is 0 Å². The van der Waals surface area contributed by atoms with Crippen LogP contribution in [0.4, 0.5) is 14.5 Å². The largest absolute Gasteiger partial charge is 0.380 e. The number of benzene rings is 2. The number of nitrogens with one attached hydrogen (secondary N) is 1. The Labute approximate surface area is 114 Å². The first-order valence-corrected chi connectivity index (χ1v) is 5.85. The summed E-state index contributed by atoms with van der Waals surface area (Å²) < 4.78 is 26.2. The molecule has 0 spiro atoms. The molecule has 0 aromatic heterocycles. The fourth-order valence-corrected chi connectivity index (χ4v) is 1.73. The van der Waals surface area contributed by atoms with Crippen molar-refractivity contribution in [1.29, 1.82) is 5.26 Å². The summed E-state index contributed by atoms with van der Waals surface area (Å²) in [5, 5.41) is 11.9. The quantitative estimate of drug-likeness (QED) is 0.917. The van der Waals surface area contributed by atoms with Gasteiger partial charge in [-0.15, -0.1) is 0 Å². The molecule has 1 N–H and O–H groups in total. The van der Waals surface area contributed by atoms with Crippen LogP contribution in [0.25, 0.3) is 0 Å². The molecule has 0 aliphatic carbocycles. The molecular weight excluding hydrogens is 270 g/mol. The highest BCUT2D eigenvalue weighted by atomic mass is 35.5. The fraction of sp³-hybridized carbons (Fsp3) is 0.0714. The first-order chi connectivity index (χ1) is 9.10. The highest BCUT2D eigenvalue weighted by Gasteiger charge is 2.05. The van der Waals surface area contributed by atoms with Crippen LogP contribution in [0.5, 0.6) is 0 Å². The molecule has 0 fully saturated rings. The normalized spacial score (nSPS) is 10.0. The van der Waals surface area contributed by atoms with Gasteiger partial charge in [0.1, 0.15) is 17.7 Å². The highest BCUT2D eigenvalue weighted by molar-refractivity contribution is 6.30. The monoisotopic (exact) mass is 278 g/mol. The van der Waals surface area contributed by atoms with Crippen molar-refractivity contribution in [3.63, 3.8) is 0 Å². The predicted molar refractivity (Wildman–Crippen MR) is 69.9 cm³/mol. The van der Waals surface area contributed by atoms with Crippen LogP contribution in [-0.2, 0) is 6.54 Å². The average Bonchev–Trinajstić information content (AvgIpc) is 2.41. The summed E-state index contributed by atoms with van der Waals surface area (Å²) in [7, 11) is 0. The van der Waals surface area contributed by atoms with Crippen LogP contribution in [-0.4, -0.2) is 0 Å². The van der Waals surface area contributed by atoms with E-state index in [9.17, 15) is 8.78 Å². The summed E-state index contributed by atoms with van der Waals surface area (Å²) >= 11 is 5.58. The molecule has 2 aromatic carbocycles. The second-order valence-electron chi connectivity index (χ2n) is 3.90. The van der Waals surface area contributed by atoms with E-state index in [1.54, 1.807) is 6.07 Å². The third-order valence-corrected chi connectivity index (χ3v) is 2.88. The van der Waals surface area contributed by atoms with Crippen molar-refractivity contribution in [1.82, 2.24) is 0 Å². The maximum atomic E-state index is 13.2. The lowest BCUT2D eigenvalue weighted by atomic mass is 10.1. The molecule has 0 aliphatic heterocycles. The van der Waals surface area contributed by atoms with Gasteiger partial charge in [0.2, 0.25) is 0 Å². The molecule has 0 bridgehead atoms. The molecule has 0 unspecified atom stereocenters. The van der Waals surface area contributed by atoms with Crippen LogP contribution < -0.4 is 5.32 Å². The zero-order valence-electron chi connectivity index (χ0n) is 9.75. The number of anilines is 1. The molecule has 0 amide bonds. The first kappa shape index (κ1) is 13.3. The van der Waals surface area contributed by atoms with E-state index in [1.807, 2.05) is 6.07 Å². The number of halogens is 3. The summed E-state index contributed by atoms with van der Waals surface area (Å²) in [5.41, 5.74) is 1.38. The van der Waals surface area contributed by atoms with Gasteiger partial charge in [-0.3, -0.25) is 0 Å². The topological polar surface area (TPSA) is 35.8 Å². The van der Waals surface area contributed by atoms with Crippen molar-refractivity contribution < 1.29 is 8.78 Å². The van der Waals surface area contributed by atoms with Gasteiger partial charge in [-0.25, -0.2) is 8.78 Å². The Hall–Kier alpha value is -2.12. The molecule has 19 heavy (non-hydrogen) atoms. The van der Waals surface area contributed by atoms with Gasteiger partial charge in [-0.1, -0.05) is 17.7 Å². The number of nitriles is 1. The van der Waals surface area contributed by atoms with Crippen molar-refractivity contribution >= 4 is 17.3 Å². The minimum atomic E-state index is -0.499. The molecule has 0 atom stereocenters. The number of rotatable bonds is 3. The van der Waals surface area contributed by atoms with Crippen LogP contribution >= 0.6 is 11.6 Å². The Morgan fingerprint density at radius 2 is 1.95 bits per heavy atom. The lowest BCUT2D eigenvalue weighted by Gasteiger charge is -2.08. The molecule has 0 radical (unpaired) electrons. The van der Waals surface area contributed by atoms with Crippen LogP contribution in [0.2, 0.25) is 5.02 Å². The van der Waals surface area contributed by atoms with E-state index in [2.05, 4.69) is 5.32 Å². The van der Waals surface area contributed by atoms with E-state index in [1.165, 1.54) is 24.3 Å². The van der Waals surface area contributed by atoms with Gasteiger partial charge in [-0.05, 0) is 35.9 Å². The van der Waals surface area contributed by atoms with Crippen LogP contribution in [0.15, 0.2) is 36.4 Å². The molecule has 0 aliphatic rings. The summed E-state index contributed by atoms with van der Waals surface area (Å²) in [4.78, 5) is 0. The third kappa shape index (κ3) is 3.21. The van der Waals surface area contributed by atoms with E-state index in [0.29, 0.717) is 17.8 Å². The lowest BCUT2D eigenvalue weighted by molar-refractivity contribution is 0.626. The van der Waals surface area contributed by atoms with Crippen molar-refractivity contribution in [3.05, 3.63) is 64.2 Å². The van der Waals surface area contributed by atoms with E-state index < -0.39 is 11.6 Å². The lowest BCUT2D eigenvalue weighted by Crippen LogP contribution is -2.02. The Morgan fingerprint density at radius 3 is 2.63 bits per heavy atom. The van der Waals surface area contributed by atoms with E-state index >= 15 is 0 Å². The predicted octanol–water partition coefficient (Wildman–Crippen LogP) is 4.10. The summed E-state index contributed by atoms with van der Waals surface area (Å²) in [6, 6.07) is 10.2. The zero-order valence-corrected chi connectivity index (χ0v) is 10.5. The molecule has 0 saturated heterocycles. The summed E-state index contributed by atoms with van der Waals surface area (Å²) in [6.07, 6.45) is 0. The number of hydrogen-bond acceptors (Lipinski definition) is 2. The smallest absolute Gasteiger partial charge is 0.142 e. The van der Waals surface area contributed by atoms with Crippen molar-refractivity contribution in [2.75, 3.05) is 5.32 Å². The van der Waals surface area contributed by atoms with Gasteiger partial charge in [0.15, 0.2) is 0 Å². The van der Waals surface area contributed by atoms with Crippen LogP contribution in [0, 0.1) is 23.0 Å². The van der Waals surface area contributed by atoms with Gasteiger partial charge in [0, 0.05) is 6.54 Å². The molecule has 0 saturated carbocycles. The zero-order chi connectivity index (χ0) is 13.8. The van der Waals surface area contributed by atoms with Crippen molar-refractivity contribution in [3.8, 4) is 6.07 Å². The van der Waals surface area contributed by atoms with Gasteiger partial charge in [0.25, 0.3) is 0 Å². The minimum absolute atomic E-state index is 0.0586. The Bertz CT molecular complexity index is 650. The minimum Gasteiger partial charge on any atom is -0.380 e. The number of nitrogens with zero attached hydrogens (tertiary/aromatic N) is 1. The first-order valence-electron chi connectivity index (χ1n) is 5.47. The van der Waals surface area contributed by atoms with E-state index in [4.69, 9.17) is 16.9 Å². The highest BCUT2D eigenvalue weighted by Crippen LogP contribution is 2.19. The Morgan fingerprint density at radius 1 is 1.16 bits per heavy atom. The van der Waals surface area contributed by atoms with Crippen molar-refractivity contribution in [2.45, 2.75) is 6.54 Å². The van der Waals surface area contributed by atoms with Gasteiger partial charge < -0.3 is 5.32 Å². The number of hydrogen-bond donors (Lipinski definition) is 1. The molecular formula is C14H9ClF2N2. The molecule has 96 valence electrons. The Balaban J connectivity index is 2.14. The van der Waals surface area contributed by atoms with E-state index in [0.717, 1.165) is 6.07 Å². The van der Waals surface area contributed by atoms with E-state index in [-0.39, 0.29) is 10.6 Å². The van der Waals surface area contributed by atoms with Gasteiger partial charge in [0.05, 0.1) is 16.3 Å². The van der Waals surface area contributed by atoms with Crippen molar-refractivity contribution in [2.24, 2.45) is 0 Å². The standard InChI is InChI=1S/C14H9ClF2N2/c15-12-3-1-9(5-13(12)17)8-19-14-4-2-11(16)6-10(14)7-18/h1-6,19H,8H2. The summed E-state index contributed by atoms with van der Waals surface area (Å²) in [6.45, 7) is 0.314. The maximum absolute atomic E-state index is 13.2. The molecule has 2 aromatic rings. The molecule has 5 heteroatoms. The molecule has 0 heterocycles. The van der Waals surface area contributed by atoms with Crippen LogP contribution in [0.3, 0.4) is 0 Å². The fourth-order valence-electron chi connectivity index (χ4n) is 1.61. The maximum Gasteiger partial charge on any atom is 0.142 e. The second-order valence-corrected chi connectivity index (χ2v) is 4.31. The average molecular weight is 279 g/mol. The SMILES string of the molecule is N#Cc1cc(F)ccc1NCc1ccc(Cl)c(F)c1. The second kappa shape index (κ2) is 5.68. The van der Waals surface area contributed by atoms with Crippen LogP contribution in [0.1, 0.15) is 11.1 Å². The third-order valence-electron chi connectivity index (χ3n) is 2.57. The molecule has 2 rings (SSSR count). The van der Waals surface area contributed by atoms with Gasteiger partial charge in [-0.2, -0.15) is 5.26 Å². The molecule has 2 nitrogen and oxygen atoms in total. The Kier molecular flexibility index (Phi) is 3.98.